The van der Waals surface area contributed by atoms with Crippen LogP contribution in [0.2, 0.25) is 0 Å². The maximum absolute atomic E-state index is 10.6. The number of nitrogens with one attached hydrogen (secondary N) is 1. The van der Waals surface area contributed by atoms with Crippen molar-refractivity contribution in [3.63, 3.8) is 0 Å². The summed E-state index contributed by atoms with van der Waals surface area (Å²) in [5.41, 5.74) is -0.503. The number of hydrogen-bond donors (Lipinski definition) is 2. The predicted octanol–water partition coefficient (Wildman–Crippen LogP) is 2.56. The normalized spacial score (nSPS) is 39.4. The lowest BCUT2D eigenvalue weighted by molar-refractivity contribution is -0.0308. The van der Waals surface area contributed by atoms with Crippen LogP contribution in [0.4, 0.5) is 0 Å². The second-order valence-corrected chi connectivity index (χ2v) is 6.48. The summed E-state index contributed by atoms with van der Waals surface area (Å²) in [6, 6.07) is 0.700. The van der Waals surface area contributed by atoms with Crippen LogP contribution < -0.4 is 5.32 Å². The Balaban J connectivity index is 1.83. The molecule has 0 amide bonds. The van der Waals surface area contributed by atoms with E-state index in [1.54, 1.807) is 0 Å². The van der Waals surface area contributed by atoms with Gasteiger partial charge >= 0.3 is 0 Å². The summed E-state index contributed by atoms with van der Waals surface area (Å²) in [5, 5.41) is 14.0. The van der Waals surface area contributed by atoms with E-state index in [2.05, 4.69) is 19.2 Å². The average molecular weight is 225 g/mol. The van der Waals surface area contributed by atoms with E-state index >= 15 is 0 Å². The van der Waals surface area contributed by atoms with Crippen LogP contribution in [0.15, 0.2) is 0 Å². The van der Waals surface area contributed by atoms with E-state index in [9.17, 15) is 5.11 Å². The van der Waals surface area contributed by atoms with Crippen LogP contribution in [-0.2, 0) is 0 Å². The van der Waals surface area contributed by atoms with E-state index in [0.717, 1.165) is 18.4 Å². The highest BCUT2D eigenvalue weighted by atomic mass is 16.3. The summed E-state index contributed by atoms with van der Waals surface area (Å²) in [4.78, 5) is 0. The Morgan fingerprint density at radius 3 is 2.38 bits per heavy atom. The van der Waals surface area contributed by atoms with Gasteiger partial charge in [0.05, 0.1) is 5.60 Å². The molecule has 2 rings (SSSR count). The first kappa shape index (κ1) is 12.4. The fourth-order valence-corrected chi connectivity index (χ4v) is 2.90. The third-order valence-corrected chi connectivity index (χ3v) is 4.80. The van der Waals surface area contributed by atoms with Gasteiger partial charge in [-0.1, -0.05) is 20.3 Å². The van der Waals surface area contributed by atoms with Gasteiger partial charge < -0.3 is 10.4 Å². The molecule has 0 aromatic rings. The maximum atomic E-state index is 10.6. The van der Waals surface area contributed by atoms with Crippen LogP contribution in [0, 0.1) is 17.8 Å². The van der Waals surface area contributed by atoms with Crippen molar-refractivity contribution in [2.45, 2.75) is 64.5 Å². The molecule has 0 aromatic heterocycles. The van der Waals surface area contributed by atoms with Crippen LogP contribution >= 0.6 is 0 Å². The third-order valence-electron chi connectivity index (χ3n) is 4.80. The number of rotatable bonds is 4. The molecule has 2 saturated carbocycles. The van der Waals surface area contributed by atoms with Crippen molar-refractivity contribution in [2.24, 2.45) is 17.8 Å². The summed E-state index contributed by atoms with van der Waals surface area (Å²) < 4.78 is 0. The molecule has 4 atom stereocenters. The van der Waals surface area contributed by atoms with E-state index in [-0.39, 0.29) is 0 Å². The Kier molecular flexibility index (Phi) is 3.60. The lowest BCUT2D eigenvalue weighted by Gasteiger charge is -2.40. The highest BCUT2D eigenvalue weighted by Gasteiger charge is 2.37. The first-order valence-corrected chi connectivity index (χ1v) is 6.95. The van der Waals surface area contributed by atoms with Crippen molar-refractivity contribution in [1.29, 1.82) is 0 Å². The Hall–Kier alpha value is -0.0800. The number of hydrogen-bond acceptors (Lipinski definition) is 2. The fourth-order valence-electron chi connectivity index (χ4n) is 2.90. The molecule has 0 spiro atoms. The molecular weight excluding hydrogens is 198 g/mol. The molecule has 94 valence electrons. The highest BCUT2D eigenvalue weighted by molar-refractivity contribution is 4.92. The smallest absolute Gasteiger partial charge is 0.0771 e. The average Bonchev–Trinajstić information content (AvgIpc) is 3.03. The Morgan fingerprint density at radius 1 is 1.12 bits per heavy atom. The minimum absolute atomic E-state index is 0.491. The zero-order valence-electron chi connectivity index (χ0n) is 11.0. The maximum Gasteiger partial charge on any atom is 0.0771 e. The van der Waals surface area contributed by atoms with Gasteiger partial charge in [0, 0.05) is 12.6 Å². The molecule has 16 heavy (non-hydrogen) atoms. The van der Waals surface area contributed by atoms with Gasteiger partial charge in [-0.25, -0.2) is 0 Å². The van der Waals surface area contributed by atoms with Crippen molar-refractivity contribution in [3.8, 4) is 0 Å². The predicted molar refractivity (Wildman–Crippen MR) is 67.3 cm³/mol. The zero-order valence-corrected chi connectivity index (χ0v) is 11.0. The van der Waals surface area contributed by atoms with Crippen LogP contribution in [-0.4, -0.2) is 23.3 Å². The molecule has 2 heteroatoms. The molecule has 2 fully saturated rings. The second kappa shape index (κ2) is 4.66. The van der Waals surface area contributed by atoms with Crippen molar-refractivity contribution >= 4 is 0 Å². The fraction of sp³-hybridized carbons (Fsp3) is 1.00. The van der Waals surface area contributed by atoms with Gasteiger partial charge in [0.1, 0.15) is 0 Å². The molecular formula is C14H27NO. The molecule has 0 heterocycles. The second-order valence-electron chi connectivity index (χ2n) is 6.48. The third kappa shape index (κ3) is 2.98. The molecule has 2 N–H and O–H groups in total. The van der Waals surface area contributed by atoms with Crippen molar-refractivity contribution in [2.75, 3.05) is 6.54 Å². The molecule has 0 aromatic carbocycles. The molecule has 4 unspecified atom stereocenters. The Morgan fingerprint density at radius 2 is 1.81 bits per heavy atom. The van der Waals surface area contributed by atoms with Crippen LogP contribution in [0.5, 0.6) is 0 Å². The first-order chi connectivity index (χ1) is 7.49. The van der Waals surface area contributed by atoms with E-state index < -0.39 is 5.60 Å². The molecule has 0 saturated heterocycles. The van der Waals surface area contributed by atoms with Crippen LogP contribution in [0.1, 0.15) is 52.9 Å². The first-order valence-electron chi connectivity index (χ1n) is 6.95. The lowest BCUT2D eigenvalue weighted by Crippen LogP contribution is -2.47. The largest absolute Gasteiger partial charge is 0.389 e. The standard InChI is InChI=1S/C14H27NO/c1-10-4-5-12(8-11(10)2)14(3,16)9-15-13-6-7-13/h10-13,15-16H,4-9H2,1-3H3. The van der Waals surface area contributed by atoms with E-state index in [0.29, 0.717) is 12.0 Å². The quantitative estimate of drug-likeness (QED) is 0.770. The van der Waals surface area contributed by atoms with E-state index in [4.69, 9.17) is 0 Å². The monoisotopic (exact) mass is 225 g/mol. The summed E-state index contributed by atoms with van der Waals surface area (Å²) in [7, 11) is 0. The van der Waals surface area contributed by atoms with E-state index in [1.807, 2.05) is 6.92 Å². The summed E-state index contributed by atoms with van der Waals surface area (Å²) in [6.07, 6.45) is 6.28. The van der Waals surface area contributed by atoms with Gasteiger partial charge in [-0.3, -0.25) is 0 Å². The van der Waals surface area contributed by atoms with Gasteiger partial charge in [0.25, 0.3) is 0 Å². The van der Waals surface area contributed by atoms with Crippen molar-refractivity contribution in [3.05, 3.63) is 0 Å². The molecule has 0 aliphatic heterocycles. The molecule has 0 radical (unpaired) electrons. The lowest BCUT2D eigenvalue weighted by atomic mass is 9.70. The molecule has 2 nitrogen and oxygen atoms in total. The SMILES string of the molecule is CC1CCC(C(C)(O)CNC2CC2)CC1C. The van der Waals surface area contributed by atoms with E-state index in [1.165, 1.54) is 32.1 Å². The molecule has 2 aliphatic rings. The molecule has 2 aliphatic carbocycles. The minimum atomic E-state index is -0.503. The zero-order chi connectivity index (χ0) is 11.8. The summed E-state index contributed by atoms with van der Waals surface area (Å²) in [5.74, 6) is 2.10. The summed E-state index contributed by atoms with van der Waals surface area (Å²) >= 11 is 0. The summed E-state index contributed by atoms with van der Waals surface area (Å²) in [6.45, 7) is 7.48. The van der Waals surface area contributed by atoms with Gasteiger partial charge in [-0.05, 0) is 50.4 Å². The number of aliphatic hydroxyl groups is 1. The topological polar surface area (TPSA) is 32.3 Å². The van der Waals surface area contributed by atoms with Crippen LogP contribution in [0.3, 0.4) is 0 Å². The highest BCUT2D eigenvalue weighted by Crippen LogP contribution is 2.38. The van der Waals surface area contributed by atoms with Crippen molar-refractivity contribution < 1.29 is 5.11 Å². The Labute approximate surface area is 99.8 Å². The van der Waals surface area contributed by atoms with Gasteiger partial charge in [0.2, 0.25) is 0 Å². The van der Waals surface area contributed by atoms with Gasteiger partial charge in [-0.2, -0.15) is 0 Å². The van der Waals surface area contributed by atoms with Crippen molar-refractivity contribution in [1.82, 2.24) is 5.32 Å². The van der Waals surface area contributed by atoms with Gasteiger partial charge in [-0.15, -0.1) is 0 Å². The Bertz CT molecular complexity index is 235. The molecule has 0 bridgehead atoms. The van der Waals surface area contributed by atoms with Crippen LogP contribution in [0.25, 0.3) is 0 Å². The minimum Gasteiger partial charge on any atom is -0.389 e. The van der Waals surface area contributed by atoms with Gasteiger partial charge in [0.15, 0.2) is 0 Å².